The normalized spacial score (nSPS) is 28.6. The number of rotatable bonds is 2. The molecule has 6 heteroatoms. The summed E-state index contributed by atoms with van der Waals surface area (Å²) in [5.41, 5.74) is 5.07. The first-order chi connectivity index (χ1) is 7.42. The van der Waals surface area contributed by atoms with Gasteiger partial charge in [-0.1, -0.05) is 6.07 Å². The van der Waals surface area contributed by atoms with Gasteiger partial charge in [-0.15, -0.1) is 0 Å². The van der Waals surface area contributed by atoms with Crippen molar-refractivity contribution >= 4 is 5.69 Å². The number of nitro benzene ring substituents is 1. The van der Waals surface area contributed by atoms with E-state index in [1.165, 1.54) is 6.07 Å². The number of aliphatic hydroxyl groups is 1. The largest absolute Gasteiger partial charge is 0.393 e. The number of nitro groups is 1. The molecule has 1 aromatic carbocycles. The summed E-state index contributed by atoms with van der Waals surface area (Å²) in [6.07, 6.45) is 0.208. The second kappa shape index (κ2) is 3.50. The second-order valence-electron chi connectivity index (χ2n) is 4.14. The maximum atomic E-state index is 13.1. The van der Waals surface area contributed by atoms with E-state index >= 15 is 0 Å². The summed E-state index contributed by atoms with van der Waals surface area (Å²) >= 11 is 0. The molecule has 0 radical (unpaired) electrons. The summed E-state index contributed by atoms with van der Waals surface area (Å²) in [7, 11) is 0. The van der Waals surface area contributed by atoms with Crippen LogP contribution in [0.3, 0.4) is 0 Å². The number of benzene rings is 1. The molecule has 0 bridgehead atoms. The standard InChI is InChI=1S/C10H11FN2O3/c11-8-2-1-6(3-9(8)13(15)16)10(12)4-7(14)5-10/h1-3,7,14H,4-5,12H2. The van der Waals surface area contributed by atoms with E-state index in [-0.39, 0.29) is 0 Å². The van der Waals surface area contributed by atoms with Gasteiger partial charge in [0, 0.05) is 11.6 Å². The summed E-state index contributed by atoms with van der Waals surface area (Å²) in [4.78, 5) is 9.77. The summed E-state index contributed by atoms with van der Waals surface area (Å²) in [6.45, 7) is 0. The minimum absolute atomic E-state index is 0.343. The van der Waals surface area contributed by atoms with Gasteiger partial charge >= 0.3 is 5.69 Å². The lowest BCUT2D eigenvalue weighted by Crippen LogP contribution is -2.51. The van der Waals surface area contributed by atoms with Crippen LogP contribution in [-0.2, 0) is 5.54 Å². The van der Waals surface area contributed by atoms with Crippen LogP contribution in [0, 0.1) is 15.9 Å². The molecule has 0 aromatic heterocycles. The van der Waals surface area contributed by atoms with E-state index in [0.29, 0.717) is 18.4 Å². The highest BCUT2D eigenvalue weighted by Crippen LogP contribution is 2.40. The Kier molecular flexibility index (Phi) is 2.40. The highest BCUT2D eigenvalue weighted by atomic mass is 19.1. The van der Waals surface area contributed by atoms with Crippen LogP contribution in [0.15, 0.2) is 18.2 Å². The van der Waals surface area contributed by atoms with Gasteiger partial charge in [-0.05, 0) is 24.5 Å². The number of halogens is 1. The van der Waals surface area contributed by atoms with E-state index < -0.39 is 28.1 Å². The SMILES string of the molecule is NC1(c2ccc(F)c([N+](=O)[O-])c2)CC(O)C1. The smallest absolute Gasteiger partial charge is 0.305 e. The molecule has 0 amide bonds. The maximum Gasteiger partial charge on any atom is 0.305 e. The van der Waals surface area contributed by atoms with Gasteiger partial charge in [0.05, 0.1) is 11.0 Å². The van der Waals surface area contributed by atoms with Gasteiger partial charge in [0.1, 0.15) is 0 Å². The number of aliphatic hydroxyl groups excluding tert-OH is 1. The van der Waals surface area contributed by atoms with Crippen LogP contribution in [0.1, 0.15) is 18.4 Å². The molecule has 0 saturated heterocycles. The lowest BCUT2D eigenvalue weighted by molar-refractivity contribution is -0.387. The molecule has 0 heterocycles. The average molecular weight is 226 g/mol. The number of hydrogen-bond acceptors (Lipinski definition) is 4. The summed E-state index contributed by atoms with van der Waals surface area (Å²) in [6, 6.07) is 3.60. The van der Waals surface area contributed by atoms with Crippen LogP contribution < -0.4 is 5.73 Å². The maximum absolute atomic E-state index is 13.1. The van der Waals surface area contributed by atoms with E-state index in [1.807, 2.05) is 0 Å². The summed E-state index contributed by atoms with van der Waals surface area (Å²) in [5.74, 6) is -0.878. The molecule has 86 valence electrons. The van der Waals surface area contributed by atoms with E-state index in [4.69, 9.17) is 5.73 Å². The first-order valence-electron chi connectivity index (χ1n) is 4.84. The van der Waals surface area contributed by atoms with Crippen molar-refractivity contribution in [3.05, 3.63) is 39.7 Å². The van der Waals surface area contributed by atoms with Gasteiger partial charge in [0.2, 0.25) is 5.82 Å². The van der Waals surface area contributed by atoms with Crippen molar-refractivity contribution in [3.63, 3.8) is 0 Å². The van der Waals surface area contributed by atoms with Gasteiger partial charge in [-0.3, -0.25) is 10.1 Å². The fourth-order valence-electron chi connectivity index (χ4n) is 1.98. The first-order valence-corrected chi connectivity index (χ1v) is 4.84. The van der Waals surface area contributed by atoms with Crippen LogP contribution in [0.2, 0.25) is 0 Å². The molecule has 1 aromatic rings. The quantitative estimate of drug-likeness (QED) is 0.582. The zero-order valence-electron chi connectivity index (χ0n) is 8.39. The fourth-order valence-corrected chi connectivity index (χ4v) is 1.98. The number of nitrogens with zero attached hydrogens (tertiary/aromatic N) is 1. The molecule has 0 aliphatic heterocycles. The molecule has 1 aliphatic carbocycles. The number of hydrogen-bond donors (Lipinski definition) is 2. The van der Waals surface area contributed by atoms with Gasteiger partial charge < -0.3 is 10.8 Å². The van der Waals surface area contributed by atoms with Crippen LogP contribution >= 0.6 is 0 Å². The third-order valence-corrected chi connectivity index (χ3v) is 2.92. The summed E-state index contributed by atoms with van der Waals surface area (Å²) < 4.78 is 13.1. The molecular weight excluding hydrogens is 215 g/mol. The minimum atomic E-state index is -0.878. The van der Waals surface area contributed by atoms with Gasteiger partial charge in [0.25, 0.3) is 0 Å². The molecule has 0 atom stereocenters. The molecule has 5 nitrogen and oxygen atoms in total. The lowest BCUT2D eigenvalue weighted by Gasteiger charge is -2.42. The minimum Gasteiger partial charge on any atom is -0.393 e. The molecule has 3 N–H and O–H groups in total. The van der Waals surface area contributed by atoms with Gasteiger partial charge in [-0.2, -0.15) is 4.39 Å². The molecule has 0 spiro atoms. The summed E-state index contributed by atoms with van der Waals surface area (Å²) in [5, 5.41) is 19.7. The van der Waals surface area contributed by atoms with E-state index in [1.54, 1.807) is 0 Å². The second-order valence-corrected chi connectivity index (χ2v) is 4.14. The molecule has 1 saturated carbocycles. The Balaban J connectivity index is 2.37. The molecule has 1 aliphatic rings. The zero-order valence-corrected chi connectivity index (χ0v) is 8.39. The Morgan fingerprint density at radius 2 is 2.19 bits per heavy atom. The van der Waals surface area contributed by atoms with Crippen molar-refractivity contribution in [1.82, 2.24) is 0 Å². The Morgan fingerprint density at radius 3 is 2.69 bits per heavy atom. The molecule has 2 rings (SSSR count). The Bertz CT molecular complexity index is 444. The number of nitrogens with two attached hydrogens (primary N) is 1. The Morgan fingerprint density at radius 1 is 1.56 bits per heavy atom. The van der Waals surface area contributed by atoms with E-state index in [9.17, 15) is 19.6 Å². The van der Waals surface area contributed by atoms with Crippen molar-refractivity contribution in [3.8, 4) is 0 Å². The Labute approximate surface area is 90.8 Å². The van der Waals surface area contributed by atoms with Crippen molar-refractivity contribution in [2.75, 3.05) is 0 Å². The van der Waals surface area contributed by atoms with Gasteiger partial charge in [-0.25, -0.2) is 0 Å². The van der Waals surface area contributed by atoms with Crippen LogP contribution in [0.25, 0.3) is 0 Å². The third kappa shape index (κ3) is 1.66. The van der Waals surface area contributed by atoms with E-state index in [0.717, 1.165) is 12.1 Å². The van der Waals surface area contributed by atoms with Crippen molar-refractivity contribution in [1.29, 1.82) is 0 Å². The highest BCUT2D eigenvalue weighted by Gasteiger charge is 2.42. The van der Waals surface area contributed by atoms with Crippen LogP contribution in [-0.4, -0.2) is 16.1 Å². The van der Waals surface area contributed by atoms with Crippen molar-refractivity contribution in [2.24, 2.45) is 5.73 Å². The molecule has 16 heavy (non-hydrogen) atoms. The predicted octanol–water partition coefficient (Wildman–Crippen LogP) is 1.04. The topological polar surface area (TPSA) is 89.4 Å². The highest BCUT2D eigenvalue weighted by molar-refractivity contribution is 5.40. The van der Waals surface area contributed by atoms with Crippen LogP contribution in [0.5, 0.6) is 0 Å². The zero-order chi connectivity index (χ0) is 11.9. The molecular formula is C10H11FN2O3. The fraction of sp³-hybridized carbons (Fsp3) is 0.400. The van der Waals surface area contributed by atoms with Gasteiger partial charge in [0.15, 0.2) is 0 Å². The van der Waals surface area contributed by atoms with Crippen molar-refractivity contribution in [2.45, 2.75) is 24.5 Å². The van der Waals surface area contributed by atoms with Crippen LogP contribution in [0.4, 0.5) is 10.1 Å². The predicted molar refractivity (Wildman–Crippen MR) is 54.2 cm³/mol. The van der Waals surface area contributed by atoms with E-state index in [2.05, 4.69) is 0 Å². The average Bonchev–Trinajstić information content (AvgIpc) is 2.15. The first kappa shape index (κ1) is 11.0. The van der Waals surface area contributed by atoms with Crippen molar-refractivity contribution < 1.29 is 14.4 Å². The Hall–Kier alpha value is -1.53. The molecule has 1 fully saturated rings. The molecule has 0 unspecified atom stereocenters. The monoisotopic (exact) mass is 226 g/mol. The third-order valence-electron chi connectivity index (χ3n) is 2.92. The lowest BCUT2D eigenvalue weighted by atomic mass is 9.70.